The maximum Gasteiger partial charge on any atom is 0.313 e. The van der Waals surface area contributed by atoms with Crippen molar-refractivity contribution >= 4 is 50.6 Å². The van der Waals surface area contributed by atoms with Gasteiger partial charge in [-0.05, 0) is 44.5 Å². The number of nitrogens with one attached hydrogen (secondary N) is 5. The largest absolute Gasteiger partial charge is 0.483 e. The summed E-state index contributed by atoms with van der Waals surface area (Å²) >= 11 is 1.10. The first-order valence-electron chi connectivity index (χ1n) is 16.4. The van der Waals surface area contributed by atoms with Crippen molar-refractivity contribution in [2.24, 2.45) is 5.92 Å². The molecule has 53 heavy (non-hydrogen) atoms. The van der Waals surface area contributed by atoms with Crippen LogP contribution in [0.5, 0.6) is 5.75 Å². The van der Waals surface area contributed by atoms with Crippen LogP contribution in [0.4, 0.5) is 0 Å². The van der Waals surface area contributed by atoms with Gasteiger partial charge >= 0.3 is 5.97 Å². The lowest BCUT2D eigenvalue weighted by molar-refractivity contribution is -0.153. The highest BCUT2D eigenvalue weighted by atomic mass is 32.2. The molecule has 0 unspecified atom stereocenters. The van der Waals surface area contributed by atoms with Crippen LogP contribution < -0.4 is 25.5 Å². The van der Waals surface area contributed by atoms with E-state index in [2.05, 4.69) is 25.3 Å². The number of pyridine rings is 1. The number of benzene rings is 2. The van der Waals surface area contributed by atoms with Gasteiger partial charge in [0.15, 0.2) is 11.5 Å². The molecule has 5 rings (SSSR count). The summed E-state index contributed by atoms with van der Waals surface area (Å²) in [5.74, 6) is -2.98. The normalized spacial score (nSPS) is 15.5. The molecule has 1 saturated heterocycles. The monoisotopic (exact) mass is 762 g/mol. The molecule has 0 bridgehead atoms. The molecular weight excluding hydrogens is 725 g/mol. The van der Waals surface area contributed by atoms with E-state index < -0.39 is 56.9 Å². The third-order valence-electron chi connectivity index (χ3n) is 7.87. The molecule has 2 aromatic heterocycles. The van der Waals surface area contributed by atoms with E-state index in [9.17, 15) is 32.4 Å². The van der Waals surface area contributed by atoms with Crippen LogP contribution in [0.25, 0.3) is 0 Å². The van der Waals surface area contributed by atoms with Gasteiger partial charge in [0, 0.05) is 41.9 Å². The summed E-state index contributed by atoms with van der Waals surface area (Å²) in [6, 6.07) is 15.3. The molecule has 0 saturated carbocycles. The topological polar surface area (TPSA) is 227 Å². The standard InChI is InChI=1S/C36H38N6O9S2/c1-36(2,3)51-32(45)15-31-41-27(20-52-31)33(37)29(44)14-25-26(42-35(25)47)17-40-53(48,49)24-11-7-10-22(12-24)34(46)39-16-23-13-28(43)30(18-38-23)50-19-21-8-5-4-6-9-21/h4-13,18,20,25-26,37,40H,14-17,19H2,1-3H3,(H,38,43)(H,39,46)(H,42,47)/t25-,26+/m0/s1. The van der Waals surface area contributed by atoms with Gasteiger partial charge in [-0.15, -0.1) is 11.3 Å². The van der Waals surface area contributed by atoms with Crippen molar-refractivity contribution < 1.29 is 37.1 Å². The van der Waals surface area contributed by atoms with Crippen LogP contribution in [-0.4, -0.2) is 65.9 Å². The Balaban J connectivity index is 1.11. The minimum absolute atomic E-state index is 0.0447. The number of β-lactam (4-membered cyclic amide) rings is 1. The zero-order valence-electron chi connectivity index (χ0n) is 29.1. The number of thiazole rings is 1. The molecule has 2 aromatic carbocycles. The van der Waals surface area contributed by atoms with Gasteiger partial charge < -0.3 is 25.1 Å². The third-order valence-corrected chi connectivity index (χ3v) is 10.1. The van der Waals surface area contributed by atoms with Crippen LogP contribution >= 0.6 is 11.3 Å². The minimum atomic E-state index is -4.15. The second kappa shape index (κ2) is 16.4. The molecule has 2 atom stereocenters. The molecule has 5 N–H and O–H groups in total. The van der Waals surface area contributed by atoms with Crippen LogP contribution in [-0.2, 0) is 48.7 Å². The molecule has 17 heteroatoms. The molecule has 1 aliphatic heterocycles. The molecule has 3 heterocycles. The predicted molar refractivity (Wildman–Crippen MR) is 194 cm³/mol. The molecule has 15 nitrogen and oxygen atoms in total. The third kappa shape index (κ3) is 10.5. The quantitative estimate of drug-likeness (QED) is 0.0637. The minimum Gasteiger partial charge on any atom is -0.483 e. The molecular formula is C36H38N6O9S2. The number of hydrogen-bond donors (Lipinski definition) is 5. The number of nitrogens with zero attached hydrogens (tertiary/aromatic N) is 1. The number of ether oxygens (including phenoxy) is 2. The number of carbonyl (C=O) groups is 4. The first kappa shape index (κ1) is 38.7. The van der Waals surface area contributed by atoms with Crippen LogP contribution in [0, 0.1) is 11.3 Å². The maximum absolute atomic E-state index is 13.2. The SMILES string of the molecule is CC(C)(C)OC(=O)Cc1nc(C(=N)C(=O)C[C@@H]2C(=O)N[C@@H]2CNS(=O)(=O)c2cccc(C(=O)NCc3cc(=O)c(OCc4ccccc4)c[nH]3)c2)cs1. The number of Topliss-reactive ketones (excluding diaryl/α,β-unsaturated/α-hetero) is 1. The number of sulfonamides is 1. The van der Waals surface area contributed by atoms with Crippen molar-refractivity contribution in [3.05, 3.63) is 110 Å². The second-order valence-corrected chi connectivity index (χ2v) is 15.8. The van der Waals surface area contributed by atoms with E-state index in [4.69, 9.17) is 14.9 Å². The van der Waals surface area contributed by atoms with E-state index in [0.717, 1.165) is 16.9 Å². The van der Waals surface area contributed by atoms with Crippen molar-refractivity contribution in [3.63, 3.8) is 0 Å². The summed E-state index contributed by atoms with van der Waals surface area (Å²) in [6.45, 7) is 5.13. The lowest BCUT2D eigenvalue weighted by Crippen LogP contribution is -2.62. The fraction of sp³-hybridized carbons (Fsp3) is 0.306. The average Bonchev–Trinajstić information content (AvgIpc) is 3.58. The maximum atomic E-state index is 13.2. The van der Waals surface area contributed by atoms with Gasteiger partial charge in [-0.2, -0.15) is 0 Å². The Bertz CT molecular complexity index is 2190. The fourth-order valence-corrected chi connectivity index (χ4v) is 7.05. The molecule has 2 amide bonds. The second-order valence-electron chi connectivity index (χ2n) is 13.1. The number of aromatic nitrogens is 2. The number of amides is 2. The number of esters is 1. The Morgan fingerprint density at radius 2 is 1.79 bits per heavy atom. The Morgan fingerprint density at radius 1 is 1.04 bits per heavy atom. The Labute approximate surface area is 309 Å². The smallest absolute Gasteiger partial charge is 0.313 e. The summed E-state index contributed by atoms with van der Waals surface area (Å²) in [4.78, 5) is 69.7. The summed E-state index contributed by atoms with van der Waals surface area (Å²) in [7, 11) is -4.15. The van der Waals surface area contributed by atoms with Gasteiger partial charge in [0.05, 0.1) is 29.8 Å². The van der Waals surface area contributed by atoms with Gasteiger partial charge in [0.25, 0.3) is 5.91 Å². The van der Waals surface area contributed by atoms with E-state index >= 15 is 0 Å². The highest BCUT2D eigenvalue weighted by molar-refractivity contribution is 7.89. The number of rotatable bonds is 16. The van der Waals surface area contributed by atoms with Crippen molar-refractivity contribution in [2.45, 2.75) is 63.3 Å². The molecule has 0 spiro atoms. The number of ketones is 1. The molecule has 0 radical (unpaired) electrons. The van der Waals surface area contributed by atoms with Gasteiger partial charge in [-0.3, -0.25) is 29.4 Å². The lowest BCUT2D eigenvalue weighted by Gasteiger charge is -2.36. The summed E-state index contributed by atoms with van der Waals surface area (Å²) < 4.78 is 39.6. The highest BCUT2D eigenvalue weighted by Gasteiger charge is 2.41. The van der Waals surface area contributed by atoms with Crippen LogP contribution in [0.15, 0.2) is 81.9 Å². The molecule has 1 fully saturated rings. The lowest BCUT2D eigenvalue weighted by atomic mass is 9.85. The fourth-order valence-electron chi connectivity index (χ4n) is 5.17. The van der Waals surface area contributed by atoms with Crippen LogP contribution in [0.3, 0.4) is 0 Å². The van der Waals surface area contributed by atoms with E-state index in [1.54, 1.807) is 20.8 Å². The first-order valence-corrected chi connectivity index (χ1v) is 18.8. The van der Waals surface area contributed by atoms with Crippen LogP contribution in [0.2, 0.25) is 0 Å². The van der Waals surface area contributed by atoms with Crippen LogP contribution in [0.1, 0.15) is 59.5 Å². The zero-order valence-corrected chi connectivity index (χ0v) is 30.7. The first-order chi connectivity index (χ1) is 25.1. The summed E-state index contributed by atoms with van der Waals surface area (Å²) in [5, 5.41) is 15.4. The predicted octanol–water partition coefficient (Wildman–Crippen LogP) is 2.64. The Hall–Kier alpha value is -5.52. The number of H-pyrrole nitrogens is 1. The van der Waals surface area contributed by atoms with E-state index in [-0.39, 0.29) is 59.9 Å². The van der Waals surface area contributed by atoms with Crippen molar-refractivity contribution in [1.82, 2.24) is 25.3 Å². The van der Waals surface area contributed by atoms with E-state index in [1.165, 1.54) is 41.9 Å². The van der Waals surface area contributed by atoms with E-state index in [1.807, 2.05) is 30.3 Å². The highest BCUT2D eigenvalue weighted by Crippen LogP contribution is 2.22. The van der Waals surface area contributed by atoms with Gasteiger partial charge in [-0.25, -0.2) is 18.1 Å². The van der Waals surface area contributed by atoms with Crippen molar-refractivity contribution in [1.29, 1.82) is 5.41 Å². The van der Waals surface area contributed by atoms with Crippen molar-refractivity contribution in [3.8, 4) is 5.75 Å². The number of aromatic amines is 1. The Morgan fingerprint density at radius 3 is 2.49 bits per heavy atom. The molecule has 1 aliphatic rings. The molecule has 4 aromatic rings. The number of carbonyl (C=O) groups excluding carboxylic acids is 4. The Kier molecular flexibility index (Phi) is 12.0. The van der Waals surface area contributed by atoms with Gasteiger partial charge in [0.2, 0.25) is 21.4 Å². The average molecular weight is 763 g/mol. The molecule has 0 aliphatic carbocycles. The summed E-state index contributed by atoms with van der Waals surface area (Å²) in [5.41, 5.74) is -0.0617. The van der Waals surface area contributed by atoms with Crippen molar-refractivity contribution in [2.75, 3.05) is 6.54 Å². The zero-order chi connectivity index (χ0) is 38.3. The summed E-state index contributed by atoms with van der Waals surface area (Å²) in [6.07, 6.45) is 0.945. The molecule has 278 valence electrons. The van der Waals surface area contributed by atoms with E-state index in [0.29, 0.717) is 10.7 Å². The number of hydrogen-bond acceptors (Lipinski definition) is 12. The van der Waals surface area contributed by atoms with Gasteiger partial charge in [-0.1, -0.05) is 36.4 Å². The van der Waals surface area contributed by atoms with Gasteiger partial charge in [0.1, 0.15) is 28.6 Å².